The zero-order chi connectivity index (χ0) is 9.57. The summed E-state index contributed by atoms with van der Waals surface area (Å²) in [6.07, 6.45) is 1.45. The second kappa shape index (κ2) is 2.53. The third-order valence-corrected chi connectivity index (χ3v) is 3.45. The smallest absolute Gasteiger partial charge is 0.212 e. The lowest BCUT2D eigenvalue weighted by Gasteiger charge is -2.27. The van der Waals surface area contributed by atoms with Crippen molar-refractivity contribution in [2.75, 3.05) is 12.8 Å². The molecule has 0 amide bonds. The molecule has 1 heterocycles. The number of rotatable bonds is 1. The molecule has 1 saturated heterocycles. The van der Waals surface area contributed by atoms with Gasteiger partial charge < -0.3 is 0 Å². The van der Waals surface area contributed by atoms with E-state index in [9.17, 15) is 13.2 Å². The van der Waals surface area contributed by atoms with E-state index in [4.69, 9.17) is 0 Å². The summed E-state index contributed by atoms with van der Waals surface area (Å²) in [5.41, 5.74) is -0.537. The first kappa shape index (κ1) is 9.67. The monoisotopic (exact) mass is 191 g/mol. The van der Waals surface area contributed by atoms with Crippen LogP contribution in [0.5, 0.6) is 0 Å². The van der Waals surface area contributed by atoms with E-state index in [1.807, 2.05) is 0 Å². The first-order valence-electron chi connectivity index (χ1n) is 3.73. The van der Waals surface area contributed by atoms with Gasteiger partial charge in [-0.3, -0.25) is 4.79 Å². The number of ketones is 1. The molecule has 4 nitrogen and oxygen atoms in total. The van der Waals surface area contributed by atoms with Gasteiger partial charge in [0.1, 0.15) is 5.78 Å². The largest absolute Gasteiger partial charge is 0.298 e. The minimum atomic E-state index is -3.23. The molecule has 1 aliphatic rings. The van der Waals surface area contributed by atoms with Gasteiger partial charge in [-0.25, -0.2) is 8.42 Å². The molecule has 0 radical (unpaired) electrons. The van der Waals surface area contributed by atoms with Gasteiger partial charge in [0, 0.05) is 12.0 Å². The zero-order valence-electron chi connectivity index (χ0n) is 7.49. The molecule has 0 aliphatic carbocycles. The SMILES string of the molecule is CC1(C)CC(=O)CN1S(C)(=O)=O. The molecule has 0 aromatic carbocycles. The summed E-state index contributed by atoms with van der Waals surface area (Å²) in [6, 6.07) is 0. The third kappa shape index (κ3) is 1.67. The Labute approximate surface area is 72.6 Å². The second-order valence-corrected chi connectivity index (χ2v) is 5.70. The van der Waals surface area contributed by atoms with E-state index in [-0.39, 0.29) is 12.3 Å². The van der Waals surface area contributed by atoms with Crippen LogP contribution in [0.4, 0.5) is 0 Å². The molecule has 0 aromatic heterocycles. The highest BCUT2D eigenvalue weighted by atomic mass is 32.2. The van der Waals surface area contributed by atoms with Gasteiger partial charge in [0.05, 0.1) is 12.8 Å². The highest BCUT2D eigenvalue weighted by Crippen LogP contribution is 2.28. The van der Waals surface area contributed by atoms with Gasteiger partial charge in [0.15, 0.2) is 0 Å². The van der Waals surface area contributed by atoms with Crippen molar-refractivity contribution in [3.63, 3.8) is 0 Å². The number of Topliss-reactive ketones (excluding diaryl/α,β-unsaturated/α-hetero) is 1. The third-order valence-electron chi connectivity index (χ3n) is 2.03. The maximum absolute atomic E-state index is 11.2. The minimum Gasteiger partial charge on any atom is -0.298 e. The maximum atomic E-state index is 11.2. The van der Waals surface area contributed by atoms with Crippen LogP contribution >= 0.6 is 0 Å². The van der Waals surface area contributed by atoms with Crippen LogP contribution in [0.15, 0.2) is 0 Å². The molecule has 1 fully saturated rings. The Morgan fingerprint density at radius 2 is 1.92 bits per heavy atom. The van der Waals surface area contributed by atoms with Crippen molar-refractivity contribution in [2.45, 2.75) is 25.8 Å². The van der Waals surface area contributed by atoms with Gasteiger partial charge in [-0.15, -0.1) is 0 Å². The maximum Gasteiger partial charge on any atom is 0.212 e. The Bertz CT molecular complexity index is 305. The molecule has 0 spiro atoms. The van der Waals surface area contributed by atoms with Crippen molar-refractivity contribution in [3.8, 4) is 0 Å². The average Bonchev–Trinajstić information content (AvgIpc) is 2.02. The number of carbonyl (C=O) groups is 1. The summed E-state index contributed by atoms with van der Waals surface area (Å²) in [5.74, 6) is -0.00887. The van der Waals surface area contributed by atoms with E-state index in [0.717, 1.165) is 6.26 Å². The lowest BCUT2D eigenvalue weighted by molar-refractivity contribution is -0.116. The predicted octanol–water partition coefficient (Wildman–Crippen LogP) is -0.000600. The molecule has 0 atom stereocenters. The molecule has 0 unspecified atom stereocenters. The molecule has 0 saturated carbocycles. The van der Waals surface area contributed by atoms with Gasteiger partial charge in [0.2, 0.25) is 10.0 Å². The summed E-state index contributed by atoms with van der Waals surface area (Å²) in [4.78, 5) is 11.0. The van der Waals surface area contributed by atoms with Crippen molar-refractivity contribution >= 4 is 15.8 Å². The lowest BCUT2D eigenvalue weighted by atomic mass is 10.0. The van der Waals surface area contributed by atoms with Crippen molar-refractivity contribution < 1.29 is 13.2 Å². The zero-order valence-corrected chi connectivity index (χ0v) is 8.31. The van der Waals surface area contributed by atoms with Crippen molar-refractivity contribution in [2.24, 2.45) is 0 Å². The van der Waals surface area contributed by atoms with Crippen LogP contribution in [0, 0.1) is 0 Å². The summed E-state index contributed by atoms with van der Waals surface area (Å²) >= 11 is 0. The molecular weight excluding hydrogens is 178 g/mol. The fourth-order valence-corrected chi connectivity index (χ4v) is 2.91. The molecule has 1 rings (SSSR count). The highest BCUT2D eigenvalue weighted by molar-refractivity contribution is 7.88. The quantitative estimate of drug-likeness (QED) is 0.586. The van der Waals surface area contributed by atoms with Gasteiger partial charge in [0.25, 0.3) is 0 Å². The van der Waals surface area contributed by atoms with E-state index in [1.165, 1.54) is 4.31 Å². The Hall–Kier alpha value is -0.420. The predicted molar refractivity (Wildman–Crippen MR) is 45.3 cm³/mol. The van der Waals surface area contributed by atoms with Crippen LogP contribution in [-0.2, 0) is 14.8 Å². The fraction of sp³-hybridized carbons (Fsp3) is 0.857. The first-order chi connectivity index (χ1) is 5.23. The van der Waals surface area contributed by atoms with Crippen LogP contribution in [0.3, 0.4) is 0 Å². The average molecular weight is 191 g/mol. The van der Waals surface area contributed by atoms with E-state index in [1.54, 1.807) is 13.8 Å². The van der Waals surface area contributed by atoms with Gasteiger partial charge in [-0.2, -0.15) is 4.31 Å². The van der Waals surface area contributed by atoms with Crippen molar-refractivity contribution in [1.82, 2.24) is 4.31 Å². The van der Waals surface area contributed by atoms with E-state index >= 15 is 0 Å². The Morgan fingerprint density at radius 3 is 2.08 bits per heavy atom. The van der Waals surface area contributed by atoms with E-state index in [2.05, 4.69) is 0 Å². The van der Waals surface area contributed by atoms with Crippen molar-refractivity contribution in [3.05, 3.63) is 0 Å². The molecule has 0 bridgehead atoms. The molecule has 0 N–H and O–H groups in total. The normalized spacial score (nSPS) is 24.8. The van der Waals surface area contributed by atoms with E-state index < -0.39 is 15.6 Å². The molecule has 12 heavy (non-hydrogen) atoms. The number of sulfonamides is 1. The molecule has 70 valence electrons. The standard InChI is InChI=1S/C7H13NO3S/c1-7(2)4-6(9)5-8(7)12(3,10)11/h4-5H2,1-3H3. The molecule has 1 aliphatic heterocycles. The highest BCUT2D eigenvalue weighted by Gasteiger charge is 2.42. The Balaban J connectivity index is 3.02. The summed E-state index contributed by atoms with van der Waals surface area (Å²) in [5, 5.41) is 0. The summed E-state index contributed by atoms with van der Waals surface area (Å²) in [7, 11) is -3.23. The molecule has 5 heteroatoms. The molecular formula is C7H13NO3S. The van der Waals surface area contributed by atoms with Crippen LogP contribution in [0.25, 0.3) is 0 Å². The number of hydrogen-bond acceptors (Lipinski definition) is 3. The molecule has 0 aromatic rings. The fourth-order valence-electron chi connectivity index (χ4n) is 1.57. The lowest BCUT2D eigenvalue weighted by Crippen LogP contribution is -2.41. The number of hydrogen-bond donors (Lipinski definition) is 0. The van der Waals surface area contributed by atoms with Crippen LogP contribution in [0.1, 0.15) is 20.3 Å². The van der Waals surface area contributed by atoms with Crippen LogP contribution in [0.2, 0.25) is 0 Å². The Morgan fingerprint density at radius 1 is 1.42 bits per heavy atom. The Kier molecular flexibility index (Phi) is 2.04. The minimum absolute atomic E-state index is 0.00887. The summed E-state index contributed by atoms with van der Waals surface area (Å²) in [6.45, 7) is 3.56. The van der Waals surface area contributed by atoms with Crippen molar-refractivity contribution in [1.29, 1.82) is 0 Å². The number of carbonyl (C=O) groups excluding carboxylic acids is 1. The second-order valence-electron chi connectivity index (χ2n) is 3.80. The van der Waals surface area contributed by atoms with Gasteiger partial charge >= 0.3 is 0 Å². The van der Waals surface area contributed by atoms with Crippen LogP contribution in [-0.4, -0.2) is 36.8 Å². The topological polar surface area (TPSA) is 54.5 Å². The first-order valence-corrected chi connectivity index (χ1v) is 5.58. The van der Waals surface area contributed by atoms with Crippen LogP contribution < -0.4 is 0 Å². The van der Waals surface area contributed by atoms with E-state index in [0.29, 0.717) is 6.42 Å². The number of nitrogens with zero attached hydrogens (tertiary/aromatic N) is 1. The van der Waals surface area contributed by atoms with Gasteiger partial charge in [-0.05, 0) is 13.8 Å². The summed E-state index contributed by atoms with van der Waals surface area (Å²) < 4.78 is 23.6. The van der Waals surface area contributed by atoms with Gasteiger partial charge in [-0.1, -0.05) is 0 Å².